The molecular weight excluding hydrogens is 545 g/mol. The largest absolute Gasteiger partial charge is 0.433 e. The molecule has 1 saturated carbocycles. The lowest BCUT2D eigenvalue weighted by atomic mass is 9.80. The van der Waals surface area contributed by atoms with Gasteiger partial charge in [0.2, 0.25) is 17.8 Å². The van der Waals surface area contributed by atoms with Crippen LogP contribution < -0.4 is 11.1 Å². The Bertz CT molecular complexity index is 1420. The lowest BCUT2D eigenvalue weighted by molar-refractivity contribution is -0.148. The highest BCUT2D eigenvalue weighted by molar-refractivity contribution is 7.15. The first-order valence-electron chi connectivity index (χ1n) is 13.0. The van der Waals surface area contributed by atoms with Gasteiger partial charge in [0.1, 0.15) is 22.3 Å². The molecule has 2 amide bonds. The van der Waals surface area contributed by atoms with Gasteiger partial charge in [0.15, 0.2) is 0 Å². The van der Waals surface area contributed by atoms with Gasteiger partial charge in [0.05, 0.1) is 4.88 Å². The van der Waals surface area contributed by atoms with Crippen LogP contribution in [0.2, 0.25) is 0 Å². The zero-order valence-electron chi connectivity index (χ0n) is 21.7. The molecule has 5 rings (SSSR count). The number of aliphatic hydroxyl groups is 1. The molecule has 3 heterocycles. The third-order valence-electron chi connectivity index (χ3n) is 7.46. The summed E-state index contributed by atoms with van der Waals surface area (Å²) in [7, 11) is 0. The highest BCUT2D eigenvalue weighted by Crippen LogP contribution is 2.43. The zero-order valence-corrected chi connectivity index (χ0v) is 22.6. The number of nitrogens with zero attached hydrogens (tertiary/aromatic N) is 4. The minimum Gasteiger partial charge on any atom is -0.383 e. The predicted octanol–water partition coefficient (Wildman–Crippen LogP) is 4.67. The molecule has 212 valence electrons. The molecule has 2 fully saturated rings. The number of thiazole rings is 1. The van der Waals surface area contributed by atoms with E-state index in [1.807, 2.05) is 13.0 Å². The van der Waals surface area contributed by atoms with E-state index >= 15 is 0 Å². The van der Waals surface area contributed by atoms with E-state index in [0.717, 1.165) is 28.3 Å². The van der Waals surface area contributed by atoms with Crippen molar-refractivity contribution in [1.29, 1.82) is 0 Å². The third kappa shape index (κ3) is 5.80. The normalized spacial score (nSPS) is 23.7. The highest BCUT2D eigenvalue weighted by atomic mass is 32.1. The number of hydrogen-bond donors (Lipinski definition) is 3. The SMILES string of the molecule is Cc1cc(Nc2nccc(C(F)(F)F)n2)cc(-c2cnc(C3(O)CCC(N4C(=O)CCC[C@H]4C(N)=O)CC3)s2)c1. The van der Waals surface area contributed by atoms with Gasteiger partial charge in [-0.1, -0.05) is 6.07 Å². The van der Waals surface area contributed by atoms with Gasteiger partial charge in [-0.15, -0.1) is 11.3 Å². The number of carbonyl (C=O) groups is 2. The number of anilines is 2. The number of aromatic nitrogens is 3. The molecule has 0 unspecified atom stereocenters. The number of benzene rings is 1. The van der Waals surface area contributed by atoms with Crippen molar-refractivity contribution in [2.24, 2.45) is 5.73 Å². The van der Waals surface area contributed by atoms with Crippen LogP contribution in [0.5, 0.6) is 0 Å². The minimum atomic E-state index is -4.58. The number of rotatable bonds is 6. The van der Waals surface area contributed by atoms with Gasteiger partial charge in [0.25, 0.3) is 0 Å². The Hall–Kier alpha value is -3.58. The van der Waals surface area contributed by atoms with Gasteiger partial charge in [0, 0.05) is 30.5 Å². The monoisotopic (exact) mass is 574 g/mol. The van der Waals surface area contributed by atoms with Crippen molar-refractivity contribution in [3.05, 3.63) is 52.9 Å². The summed E-state index contributed by atoms with van der Waals surface area (Å²) < 4.78 is 39.1. The van der Waals surface area contributed by atoms with Crippen LogP contribution in [0.4, 0.5) is 24.8 Å². The second kappa shape index (κ2) is 10.8. The summed E-state index contributed by atoms with van der Waals surface area (Å²) in [6, 6.07) is 5.50. The van der Waals surface area contributed by atoms with Crippen molar-refractivity contribution in [1.82, 2.24) is 19.9 Å². The Labute approximate surface area is 232 Å². The van der Waals surface area contributed by atoms with E-state index in [4.69, 9.17) is 5.73 Å². The van der Waals surface area contributed by atoms with E-state index in [2.05, 4.69) is 20.3 Å². The zero-order chi connectivity index (χ0) is 28.7. The predicted molar refractivity (Wildman–Crippen MR) is 142 cm³/mol. The quantitative estimate of drug-likeness (QED) is 0.390. The first kappa shape index (κ1) is 28.0. The maximum Gasteiger partial charge on any atom is 0.433 e. The molecule has 1 aromatic carbocycles. The van der Waals surface area contributed by atoms with Crippen molar-refractivity contribution < 1.29 is 27.9 Å². The van der Waals surface area contributed by atoms with Gasteiger partial charge in [-0.25, -0.2) is 15.0 Å². The molecule has 3 aromatic rings. The van der Waals surface area contributed by atoms with Crippen molar-refractivity contribution in [3.63, 3.8) is 0 Å². The average molecular weight is 575 g/mol. The number of primary amides is 1. The van der Waals surface area contributed by atoms with Crippen molar-refractivity contribution in [2.45, 2.75) is 75.7 Å². The number of halogens is 3. The summed E-state index contributed by atoms with van der Waals surface area (Å²) >= 11 is 1.34. The van der Waals surface area contributed by atoms with Crippen LogP contribution in [0.3, 0.4) is 0 Å². The van der Waals surface area contributed by atoms with Gasteiger partial charge < -0.3 is 21.1 Å². The number of nitrogens with one attached hydrogen (secondary N) is 1. The number of aryl methyl sites for hydroxylation is 1. The lowest BCUT2D eigenvalue weighted by Gasteiger charge is -2.44. The Morgan fingerprint density at radius 1 is 1.20 bits per heavy atom. The van der Waals surface area contributed by atoms with Crippen molar-refractivity contribution >= 4 is 34.8 Å². The first-order chi connectivity index (χ1) is 18.9. The number of piperidine rings is 1. The number of carbonyl (C=O) groups excluding carboxylic acids is 2. The van der Waals surface area contributed by atoms with E-state index < -0.39 is 29.4 Å². The standard InChI is InChI=1S/C27H29F3N6O3S/c1-15-11-16(13-17(12-15)34-25-32-10-7-21(35-25)27(28,29)30)20-14-33-24(40-20)26(39)8-5-18(6-9-26)36-19(23(31)38)3-2-4-22(36)37/h7,10-14,18-19,39H,2-6,8-9H2,1H3,(H2,31,38)(H,32,34,35)/t18?,19-,26?/m0/s1. The molecule has 0 spiro atoms. The fourth-order valence-corrected chi connectivity index (χ4v) is 6.57. The Morgan fingerprint density at radius 3 is 2.65 bits per heavy atom. The average Bonchev–Trinajstić information content (AvgIpc) is 3.40. The van der Waals surface area contributed by atoms with Crippen LogP contribution in [0.15, 0.2) is 36.7 Å². The smallest absolute Gasteiger partial charge is 0.383 e. The Morgan fingerprint density at radius 2 is 1.95 bits per heavy atom. The molecule has 13 heteroatoms. The number of hydrogen-bond acceptors (Lipinski definition) is 8. The molecule has 1 aliphatic carbocycles. The van der Waals surface area contributed by atoms with Crippen LogP contribution in [0.25, 0.3) is 10.4 Å². The molecule has 0 bridgehead atoms. The summed E-state index contributed by atoms with van der Waals surface area (Å²) in [6.45, 7) is 1.86. The molecule has 0 radical (unpaired) electrons. The maximum absolute atomic E-state index is 13.0. The second-order valence-corrected chi connectivity index (χ2v) is 11.4. The lowest BCUT2D eigenvalue weighted by Crippen LogP contribution is -2.56. The summed E-state index contributed by atoms with van der Waals surface area (Å²) in [6.07, 6.45) is 1.55. The summed E-state index contributed by atoms with van der Waals surface area (Å²) in [5, 5.41) is 14.9. The maximum atomic E-state index is 13.0. The van der Waals surface area contributed by atoms with Gasteiger partial charge in [-0.05, 0) is 74.8 Å². The second-order valence-electron chi connectivity index (χ2n) is 10.4. The summed E-state index contributed by atoms with van der Waals surface area (Å²) in [4.78, 5) is 39.0. The van der Waals surface area contributed by atoms with Gasteiger partial charge in [-0.3, -0.25) is 9.59 Å². The van der Waals surface area contributed by atoms with Crippen LogP contribution in [0, 0.1) is 6.92 Å². The van der Waals surface area contributed by atoms with E-state index in [0.29, 0.717) is 55.6 Å². The van der Waals surface area contributed by atoms with Gasteiger partial charge >= 0.3 is 6.18 Å². The van der Waals surface area contributed by atoms with Gasteiger partial charge in [-0.2, -0.15) is 13.2 Å². The van der Waals surface area contributed by atoms with Crippen molar-refractivity contribution in [2.75, 3.05) is 5.32 Å². The van der Waals surface area contributed by atoms with Crippen molar-refractivity contribution in [3.8, 4) is 10.4 Å². The third-order valence-corrected chi connectivity index (χ3v) is 8.70. The Kier molecular flexibility index (Phi) is 7.53. The number of alkyl halides is 3. The van der Waals surface area contributed by atoms with Crippen LogP contribution in [-0.4, -0.2) is 48.9 Å². The van der Waals surface area contributed by atoms with E-state index in [9.17, 15) is 27.9 Å². The minimum absolute atomic E-state index is 0.0681. The van der Waals surface area contributed by atoms with E-state index in [-0.39, 0.29) is 17.9 Å². The number of nitrogens with two attached hydrogens (primary N) is 1. The van der Waals surface area contributed by atoms with Crippen LogP contribution in [-0.2, 0) is 21.4 Å². The van der Waals surface area contributed by atoms with Crippen LogP contribution >= 0.6 is 11.3 Å². The molecular formula is C27H29F3N6O3S. The molecule has 1 saturated heterocycles. The number of likely N-dealkylation sites (tertiary alicyclic amines) is 1. The molecule has 2 aromatic heterocycles. The fourth-order valence-electron chi connectivity index (χ4n) is 5.52. The topological polar surface area (TPSA) is 134 Å². The molecule has 1 aliphatic heterocycles. The molecule has 4 N–H and O–H groups in total. The summed E-state index contributed by atoms with van der Waals surface area (Å²) in [5.41, 5.74) is 5.51. The first-order valence-corrected chi connectivity index (χ1v) is 13.8. The fraction of sp³-hybridized carbons (Fsp3) is 0.444. The van der Waals surface area contributed by atoms with E-state index in [1.165, 1.54) is 11.3 Å². The molecule has 2 aliphatic rings. The highest BCUT2D eigenvalue weighted by Gasteiger charge is 2.43. The molecule has 1 atom stereocenters. The van der Waals surface area contributed by atoms with Crippen LogP contribution in [0.1, 0.15) is 61.2 Å². The molecule has 40 heavy (non-hydrogen) atoms. The number of amides is 2. The molecule has 9 nitrogen and oxygen atoms in total. The Balaban J connectivity index is 1.31. The van der Waals surface area contributed by atoms with E-state index in [1.54, 1.807) is 23.2 Å². The summed E-state index contributed by atoms with van der Waals surface area (Å²) in [5.74, 6) is -0.736.